The average Bonchev–Trinajstić information content (AvgIpc) is 3.77. The third kappa shape index (κ3) is 3.99. The zero-order chi connectivity index (χ0) is 27.7. The van der Waals surface area contributed by atoms with Crippen LogP contribution in [-0.4, -0.2) is 75.0 Å². The zero-order valence-corrected chi connectivity index (χ0v) is 23.8. The van der Waals surface area contributed by atoms with Gasteiger partial charge in [-0.1, -0.05) is 18.1 Å². The number of hydrogen-bond donors (Lipinski definition) is 2. The Labute approximate surface area is 242 Å². The summed E-state index contributed by atoms with van der Waals surface area (Å²) in [6, 6.07) is 9.89. The maximum atomic E-state index is 16.7. The summed E-state index contributed by atoms with van der Waals surface area (Å²) in [5.74, 6) is 7.48. The molecular weight excluding hydrogens is 535 g/mol. The molecule has 0 aliphatic carbocycles. The molecule has 6 heterocycles. The molecule has 2 aromatic heterocycles. The zero-order valence-electron chi connectivity index (χ0n) is 23.0. The first-order chi connectivity index (χ1) is 20.0. The maximum absolute atomic E-state index is 16.7. The summed E-state index contributed by atoms with van der Waals surface area (Å²) in [5.41, 5.74) is 0.842. The fourth-order valence-electron chi connectivity index (χ4n) is 7.54. The molecule has 41 heavy (non-hydrogen) atoms. The molecule has 2 bridgehead atoms. The predicted octanol–water partition coefficient (Wildman–Crippen LogP) is 4.94. The first kappa shape index (κ1) is 25.3. The summed E-state index contributed by atoms with van der Waals surface area (Å²) in [6.07, 6.45) is 9.17. The largest absolute Gasteiger partial charge is 0.508 e. The van der Waals surface area contributed by atoms with Crippen LogP contribution < -0.4 is 10.2 Å². The van der Waals surface area contributed by atoms with Gasteiger partial charge in [0.25, 0.3) is 0 Å². The van der Waals surface area contributed by atoms with Crippen molar-refractivity contribution in [1.82, 2.24) is 25.2 Å². The number of phenolic OH excluding ortho intramolecular Hbond substituents is 1. The van der Waals surface area contributed by atoms with Gasteiger partial charge in [0.05, 0.1) is 10.9 Å². The highest BCUT2D eigenvalue weighted by atomic mass is 32.2. The average molecular weight is 567 g/mol. The van der Waals surface area contributed by atoms with Gasteiger partial charge in [0.15, 0.2) is 5.82 Å². The van der Waals surface area contributed by atoms with Crippen LogP contribution >= 0.6 is 11.8 Å². The van der Waals surface area contributed by atoms with E-state index < -0.39 is 5.82 Å². The number of pyridine rings is 1. The van der Waals surface area contributed by atoms with E-state index in [0.29, 0.717) is 34.7 Å². The lowest BCUT2D eigenvalue weighted by Gasteiger charge is -2.29. The summed E-state index contributed by atoms with van der Waals surface area (Å²) in [4.78, 5) is 20.1. The predicted molar refractivity (Wildman–Crippen MR) is 161 cm³/mol. The molecule has 9 heteroatoms. The summed E-state index contributed by atoms with van der Waals surface area (Å²) in [6.45, 7) is 3.87. The lowest BCUT2D eigenvalue weighted by atomic mass is 9.95. The Morgan fingerprint density at radius 3 is 2.78 bits per heavy atom. The van der Waals surface area contributed by atoms with Gasteiger partial charge in [0, 0.05) is 47.2 Å². The van der Waals surface area contributed by atoms with Crippen LogP contribution in [0.2, 0.25) is 0 Å². The molecule has 0 amide bonds. The third-order valence-corrected chi connectivity index (χ3v) is 10.2. The number of thioether (sulfide) groups is 1. The van der Waals surface area contributed by atoms with Gasteiger partial charge >= 0.3 is 0 Å². The van der Waals surface area contributed by atoms with Crippen molar-refractivity contribution in [1.29, 1.82) is 0 Å². The van der Waals surface area contributed by atoms with Crippen LogP contribution in [0, 0.1) is 17.7 Å². The van der Waals surface area contributed by atoms with Crippen molar-refractivity contribution in [3.63, 3.8) is 0 Å². The molecule has 0 spiro atoms. The fraction of sp³-hybridized carbons (Fsp3) is 0.406. The molecule has 0 saturated carbocycles. The second-order valence-electron chi connectivity index (χ2n) is 11.7. The third-order valence-electron chi connectivity index (χ3n) is 9.44. The molecule has 4 saturated heterocycles. The second kappa shape index (κ2) is 9.55. The highest BCUT2D eigenvalue weighted by Crippen LogP contribution is 2.41. The Morgan fingerprint density at radius 1 is 1.17 bits per heavy atom. The number of piperazine rings is 1. The minimum atomic E-state index is -0.513. The number of aromatic nitrogens is 3. The van der Waals surface area contributed by atoms with Gasteiger partial charge < -0.3 is 15.3 Å². The number of fused-ring (bicyclic) bond motifs is 5. The molecule has 4 aliphatic rings. The smallest absolute Gasteiger partial charge is 0.207 e. The molecule has 8 rings (SSSR count). The Morgan fingerprint density at radius 2 is 2.02 bits per heavy atom. The van der Waals surface area contributed by atoms with Crippen LogP contribution in [-0.2, 0) is 0 Å². The highest BCUT2D eigenvalue weighted by molar-refractivity contribution is 7.98. The fourth-order valence-corrected chi connectivity index (χ4v) is 8.19. The van der Waals surface area contributed by atoms with Crippen molar-refractivity contribution in [3.05, 3.63) is 48.2 Å². The first-order valence-corrected chi connectivity index (χ1v) is 15.7. The van der Waals surface area contributed by atoms with Crippen LogP contribution in [0.5, 0.6) is 5.75 Å². The number of rotatable bonds is 3. The van der Waals surface area contributed by atoms with E-state index in [1.807, 2.05) is 24.5 Å². The number of phenols is 1. The number of anilines is 1. The van der Waals surface area contributed by atoms with Crippen LogP contribution in [0.15, 0.2) is 41.4 Å². The highest BCUT2D eigenvalue weighted by Gasteiger charge is 2.43. The number of aromatic hydroxyl groups is 1. The van der Waals surface area contributed by atoms with Crippen molar-refractivity contribution < 1.29 is 9.50 Å². The number of halogens is 1. The van der Waals surface area contributed by atoms with Crippen molar-refractivity contribution in [2.24, 2.45) is 0 Å². The number of nitrogens with zero attached hydrogens (tertiary/aromatic N) is 5. The minimum Gasteiger partial charge on any atom is -0.508 e. The van der Waals surface area contributed by atoms with Crippen molar-refractivity contribution in [3.8, 4) is 28.8 Å². The second-order valence-corrected chi connectivity index (χ2v) is 12.6. The minimum absolute atomic E-state index is 0.0690. The van der Waals surface area contributed by atoms with E-state index >= 15 is 4.39 Å². The van der Waals surface area contributed by atoms with Crippen LogP contribution in [0.4, 0.5) is 10.2 Å². The topological polar surface area (TPSA) is 77.4 Å². The summed E-state index contributed by atoms with van der Waals surface area (Å²) < 4.78 is 16.7. The first-order valence-electron chi connectivity index (χ1n) is 14.5. The molecule has 4 aromatic rings. The normalized spacial score (nSPS) is 22.9. The Hall–Kier alpha value is -3.45. The number of nitrogens with one attached hydrogen (secondary N) is 1. The lowest BCUT2D eigenvalue weighted by Crippen LogP contribution is -2.44. The molecule has 2 aromatic carbocycles. The standard InChI is InChI=1S/C32H31FN6OS/c1-41-25-6-2-5-19-13-22(40)15-23(27(19)25)29-28(33)30-24(17-35-29)31(39-18-20-14-21(39)16-34-20)37-26(36-30)7-10-32-8-3-11-38(32)12-4-9-32/h2,5-6,13,15,17,20-21,34,40H,3-4,8-9,11-12,14,16,18H2,1H3/t20-,21-/m1/s1. The summed E-state index contributed by atoms with van der Waals surface area (Å²) >= 11 is 1.58. The van der Waals surface area contributed by atoms with E-state index in [4.69, 9.17) is 9.97 Å². The summed E-state index contributed by atoms with van der Waals surface area (Å²) in [7, 11) is 0. The maximum Gasteiger partial charge on any atom is 0.207 e. The Kier molecular flexibility index (Phi) is 5.89. The van der Waals surface area contributed by atoms with E-state index in [2.05, 4.69) is 31.9 Å². The van der Waals surface area contributed by atoms with E-state index in [9.17, 15) is 5.11 Å². The van der Waals surface area contributed by atoms with Crippen LogP contribution in [0.1, 0.15) is 37.9 Å². The summed E-state index contributed by atoms with van der Waals surface area (Å²) in [5, 5.41) is 16.4. The van der Waals surface area contributed by atoms with Crippen LogP contribution in [0.25, 0.3) is 32.9 Å². The van der Waals surface area contributed by atoms with Crippen molar-refractivity contribution >= 4 is 39.3 Å². The molecule has 4 fully saturated rings. The van der Waals surface area contributed by atoms with E-state index in [0.717, 1.165) is 74.0 Å². The molecule has 7 nitrogen and oxygen atoms in total. The monoisotopic (exact) mass is 566 g/mol. The molecular formula is C32H31FN6OS. The van der Waals surface area contributed by atoms with Gasteiger partial charge in [-0.25, -0.2) is 14.4 Å². The molecule has 4 aliphatic heterocycles. The Balaban J connectivity index is 1.33. The van der Waals surface area contributed by atoms with E-state index in [1.165, 1.54) is 0 Å². The number of hydrogen-bond acceptors (Lipinski definition) is 8. The van der Waals surface area contributed by atoms with Gasteiger partial charge in [-0.15, -0.1) is 11.8 Å². The molecule has 208 valence electrons. The quantitative estimate of drug-likeness (QED) is 0.267. The van der Waals surface area contributed by atoms with Gasteiger partial charge in [-0.05, 0) is 81.0 Å². The molecule has 2 N–H and O–H groups in total. The van der Waals surface area contributed by atoms with Gasteiger partial charge in [-0.3, -0.25) is 9.88 Å². The molecule has 0 unspecified atom stereocenters. The van der Waals surface area contributed by atoms with Crippen LogP contribution in [0.3, 0.4) is 0 Å². The van der Waals surface area contributed by atoms with Crippen molar-refractivity contribution in [2.45, 2.75) is 54.6 Å². The van der Waals surface area contributed by atoms with Gasteiger partial charge in [0.2, 0.25) is 5.82 Å². The molecule has 0 radical (unpaired) electrons. The van der Waals surface area contributed by atoms with E-state index in [1.54, 1.807) is 30.1 Å². The molecule has 2 atom stereocenters. The van der Waals surface area contributed by atoms with Gasteiger partial charge in [0.1, 0.15) is 22.8 Å². The SMILES string of the molecule is CSc1cccc2cc(O)cc(-c3ncc4c(N5C[C@H]6C[C@@H]5CN6)nc(C#CC56CCCN5CCC6)nc4c3F)c12. The lowest BCUT2D eigenvalue weighted by molar-refractivity contribution is 0.261. The van der Waals surface area contributed by atoms with Gasteiger partial charge in [-0.2, -0.15) is 0 Å². The Bertz CT molecular complexity index is 1770. The van der Waals surface area contributed by atoms with E-state index in [-0.39, 0.29) is 22.5 Å². The number of benzene rings is 2. The van der Waals surface area contributed by atoms with Crippen molar-refractivity contribution in [2.75, 3.05) is 37.3 Å².